The van der Waals surface area contributed by atoms with E-state index in [4.69, 9.17) is 4.74 Å². The molecule has 0 saturated heterocycles. The maximum Gasteiger partial charge on any atom is 0.228 e. The number of methoxy groups -OCH3 is 1. The van der Waals surface area contributed by atoms with E-state index in [0.29, 0.717) is 28.2 Å². The molecule has 11 heteroatoms. The number of fused-ring (bicyclic) bond motifs is 1. The molecule has 0 spiro atoms. The number of benzene rings is 2. The molecule has 3 aromatic heterocycles. The van der Waals surface area contributed by atoms with E-state index < -0.39 is 11.9 Å². The van der Waals surface area contributed by atoms with E-state index in [9.17, 15) is 9.50 Å². The summed E-state index contributed by atoms with van der Waals surface area (Å²) < 4.78 is 22.5. The number of anilines is 2. The first kappa shape index (κ1) is 21.5. The fourth-order valence-corrected chi connectivity index (χ4v) is 3.74. The van der Waals surface area contributed by atoms with Crippen LogP contribution in [0.1, 0.15) is 11.6 Å². The zero-order valence-corrected chi connectivity index (χ0v) is 18.4. The van der Waals surface area contributed by atoms with Gasteiger partial charge in [0.05, 0.1) is 31.1 Å². The first-order chi connectivity index (χ1) is 16.6. The molecule has 5 rings (SSSR count). The van der Waals surface area contributed by atoms with Gasteiger partial charge in [0.2, 0.25) is 5.95 Å². The van der Waals surface area contributed by atoms with Crippen LogP contribution in [0.15, 0.2) is 60.9 Å². The van der Waals surface area contributed by atoms with Crippen LogP contribution in [-0.2, 0) is 7.05 Å². The molecular formula is C23H21FN8O2. The average Bonchev–Trinajstić information content (AvgIpc) is 3.46. The molecule has 3 heterocycles. The molecule has 10 nitrogen and oxygen atoms in total. The Morgan fingerprint density at radius 3 is 2.74 bits per heavy atom. The highest BCUT2D eigenvalue weighted by Crippen LogP contribution is 2.28. The molecule has 34 heavy (non-hydrogen) atoms. The topological polar surface area (TPSA) is 116 Å². The van der Waals surface area contributed by atoms with Gasteiger partial charge in [0.15, 0.2) is 11.6 Å². The first-order valence-electron chi connectivity index (χ1n) is 10.4. The molecule has 1 unspecified atom stereocenters. The van der Waals surface area contributed by atoms with Crippen LogP contribution < -0.4 is 10.1 Å². The molecular weight excluding hydrogens is 439 g/mol. The summed E-state index contributed by atoms with van der Waals surface area (Å²) in [6.07, 6.45) is 3.35. The molecule has 5 aromatic rings. The van der Waals surface area contributed by atoms with Crippen LogP contribution in [0.5, 0.6) is 5.75 Å². The Morgan fingerprint density at radius 2 is 2.00 bits per heavy atom. The van der Waals surface area contributed by atoms with Crippen molar-refractivity contribution in [2.24, 2.45) is 7.05 Å². The van der Waals surface area contributed by atoms with Crippen molar-refractivity contribution in [2.75, 3.05) is 19.0 Å². The Morgan fingerprint density at radius 1 is 1.12 bits per heavy atom. The quantitative estimate of drug-likeness (QED) is 0.381. The summed E-state index contributed by atoms with van der Waals surface area (Å²) in [7, 11) is 3.23. The summed E-state index contributed by atoms with van der Waals surface area (Å²) in [5.74, 6) is 0.826. The molecule has 0 bridgehead atoms. The van der Waals surface area contributed by atoms with Gasteiger partial charge < -0.3 is 15.2 Å². The second-order valence-corrected chi connectivity index (χ2v) is 7.56. The van der Waals surface area contributed by atoms with Gasteiger partial charge in [-0.2, -0.15) is 5.10 Å². The lowest BCUT2D eigenvalue weighted by Crippen LogP contribution is -2.16. The second kappa shape index (κ2) is 8.87. The van der Waals surface area contributed by atoms with Gasteiger partial charge in [-0.05, 0) is 35.9 Å². The van der Waals surface area contributed by atoms with E-state index in [2.05, 4.69) is 30.7 Å². The van der Waals surface area contributed by atoms with E-state index in [1.807, 2.05) is 31.3 Å². The van der Waals surface area contributed by atoms with Gasteiger partial charge in [0, 0.05) is 24.9 Å². The van der Waals surface area contributed by atoms with E-state index in [1.54, 1.807) is 33.9 Å². The van der Waals surface area contributed by atoms with Gasteiger partial charge in [-0.25, -0.2) is 19.0 Å². The molecule has 0 radical (unpaired) electrons. The average molecular weight is 460 g/mol. The predicted octanol–water partition coefficient (Wildman–Crippen LogP) is 3.09. The van der Waals surface area contributed by atoms with Gasteiger partial charge in [0.1, 0.15) is 17.4 Å². The van der Waals surface area contributed by atoms with E-state index in [-0.39, 0.29) is 12.4 Å². The Balaban J connectivity index is 1.46. The minimum absolute atomic E-state index is 0.135. The highest BCUT2D eigenvalue weighted by molar-refractivity contribution is 5.81. The van der Waals surface area contributed by atoms with Crippen molar-refractivity contribution >= 4 is 22.8 Å². The summed E-state index contributed by atoms with van der Waals surface area (Å²) >= 11 is 0. The number of halogens is 1. The predicted molar refractivity (Wildman–Crippen MR) is 123 cm³/mol. The number of aryl methyl sites for hydroxylation is 1. The number of nitrogens with one attached hydrogen (secondary N) is 1. The minimum atomic E-state index is -0.606. The lowest BCUT2D eigenvalue weighted by Gasteiger charge is -2.16. The first-order valence-corrected chi connectivity index (χ1v) is 10.4. The number of ether oxygens (including phenoxy) is 1. The molecule has 172 valence electrons. The Hall–Kier alpha value is -4.38. The number of hydrogen-bond donors (Lipinski definition) is 2. The summed E-state index contributed by atoms with van der Waals surface area (Å²) in [4.78, 5) is 8.86. The van der Waals surface area contributed by atoms with Crippen molar-refractivity contribution in [3.63, 3.8) is 0 Å². The third-order valence-corrected chi connectivity index (χ3v) is 5.51. The fraction of sp³-hybridized carbons (Fsp3) is 0.174. The molecule has 1 atom stereocenters. The molecule has 0 aliphatic rings. The zero-order valence-electron chi connectivity index (χ0n) is 18.4. The third-order valence-electron chi connectivity index (χ3n) is 5.51. The van der Waals surface area contributed by atoms with E-state index in [0.717, 1.165) is 11.4 Å². The third kappa shape index (κ3) is 3.92. The Bertz CT molecular complexity index is 1460. The highest BCUT2D eigenvalue weighted by atomic mass is 19.1. The van der Waals surface area contributed by atoms with Crippen LogP contribution in [0.4, 0.5) is 16.2 Å². The van der Waals surface area contributed by atoms with Gasteiger partial charge in [0.25, 0.3) is 0 Å². The van der Waals surface area contributed by atoms with Gasteiger partial charge >= 0.3 is 0 Å². The minimum Gasteiger partial charge on any atom is -0.494 e. The van der Waals surface area contributed by atoms with Crippen LogP contribution in [0, 0.1) is 5.82 Å². The van der Waals surface area contributed by atoms with Crippen molar-refractivity contribution in [1.82, 2.24) is 34.7 Å². The molecule has 2 N–H and O–H groups in total. The van der Waals surface area contributed by atoms with Crippen molar-refractivity contribution in [1.29, 1.82) is 0 Å². The largest absolute Gasteiger partial charge is 0.494 e. The van der Waals surface area contributed by atoms with Crippen LogP contribution in [0.3, 0.4) is 0 Å². The zero-order chi connectivity index (χ0) is 23.7. The summed E-state index contributed by atoms with van der Waals surface area (Å²) in [6.45, 7) is -0.277. The van der Waals surface area contributed by atoms with Crippen molar-refractivity contribution in [2.45, 2.75) is 6.04 Å². The number of nitrogens with zero attached hydrogens (tertiary/aromatic N) is 7. The Kier molecular flexibility index (Phi) is 5.60. The number of rotatable bonds is 7. The molecule has 0 fully saturated rings. The van der Waals surface area contributed by atoms with E-state index in [1.165, 1.54) is 19.2 Å². The standard InChI is InChI=1S/C23H21FN8O2/c1-31-22(8-10-26-31)28-23-25-9-7-17(27-23)14-3-5-19-18(12-14)29-30-32(19)20(13-33)15-4-6-21(34-2)16(24)11-15/h3-12,20,33H,13H2,1-2H3,(H,25,27,28). The van der Waals surface area contributed by atoms with Gasteiger partial charge in [-0.3, -0.25) is 4.68 Å². The lowest BCUT2D eigenvalue weighted by atomic mass is 10.1. The number of hydrogen-bond acceptors (Lipinski definition) is 8. The number of aromatic nitrogens is 7. The van der Waals surface area contributed by atoms with Crippen molar-refractivity contribution in [3.05, 3.63) is 72.3 Å². The maximum absolute atomic E-state index is 14.2. The van der Waals surface area contributed by atoms with Gasteiger partial charge in [-0.1, -0.05) is 17.3 Å². The Labute approximate surface area is 193 Å². The molecule has 0 amide bonds. The van der Waals surface area contributed by atoms with Crippen LogP contribution in [0.25, 0.3) is 22.3 Å². The molecule has 0 saturated carbocycles. The molecule has 0 aliphatic carbocycles. The fourth-order valence-electron chi connectivity index (χ4n) is 3.74. The van der Waals surface area contributed by atoms with E-state index >= 15 is 0 Å². The van der Waals surface area contributed by atoms with Gasteiger partial charge in [-0.15, -0.1) is 5.10 Å². The van der Waals surface area contributed by atoms with Crippen molar-refractivity contribution in [3.8, 4) is 17.0 Å². The number of aliphatic hydroxyl groups is 1. The summed E-state index contributed by atoms with van der Waals surface area (Å²) in [6, 6.07) is 13.2. The smallest absolute Gasteiger partial charge is 0.228 e. The molecule has 0 aliphatic heterocycles. The van der Waals surface area contributed by atoms with Crippen LogP contribution in [0.2, 0.25) is 0 Å². The summed E-state index contributed by atoms with van der Waals surface area (Å²) in [5, 5.41) is 25.8. The lowest BCUT2D eigenvalue weighted by molar-refractivity contribution is 0.241. The second-order valence-electron chi connectivity index (χ2n) is 7.56. The molecule has 2 aromatic carbocycles. The highest BCUT2D eigenvalue weighted by Gasteiger charge is 2.19. The van der Waals surface area contributed by atoms with Crippen LogP contribution in [-0.4, -0.2) is 53.6 Å². The monoisotopic (exact) mass is 460 g/mol. The SMILES string of the molecule is COc1ccc(C(CO)n2nnc3cc(-c4ccnc(Nc5ccnn5C)n4)ccc32)cc1F. The summed E-state index contributed by atoms with van der Waals surface area (Å²) in [5.41, 5.74) is 3.39. The normalized spacial score (nSPS) is 12.1. The maximum atomic E-state index is 14.2. The van der Waals surface area contributed by atoms with Crippen molar-refractivity contribution < 1.29 is 14.2 Å². The van der Waals surface area contributed by atoms with Crippen LogP contribution >= 0.6 is 0 Å². The number of aliphatic hydroxyl groups excluding tert-OH is 1.